The first-order chi connectivity index (χ1) is 8.70. The summed E-state index contributed by atoms with van der Waals surface area (Å²) in [6.45, 7) is -0.0509. The highest BCUT2D eigenvalue weighted by Gasteiger charge is 2.12. The second-order valence-electron chi connectivity index (χ2n) is 3.77. The van der Waals surface area contributed by atoms with Crippen molar-refractivity contribution in [2.24, 2.45) is 0 Å². The van der Waals surface area contributed by atoms with Crippen molar-refractivity contribution in [3.8, 4) is 0 Å². The number of pyridine rings is 1. The van der Waals surface area contributed by atoms with Gasteiger partial charge in [0.15, 0.2) is 0 Å². The van der Waals surface area contributed by atoms with Crippen LogP contribution in [0, 0.1) is 0 Å². The third kappa shape index (κ3) is 3.13. The first-order valence-electron chi connectivity index (χ1n) is 5.44. The number of aromatic nitrogens is 1. The van der Waals surface area contributed by atoms with Gasteiger partial charge in [-0.1, -0.05) is 53.5 Å². The Morgan fingerprint density at radius 2 is 1.94 bits per heavy atom. The minimum Gasteiger partial charge on any atom is -0.394 e. The lowest BCUT2D eigenvalue weighted by molar-refractivity contribution is 0.276. The summed E-state index contributed by atoms with van der Waals surface area (Å²) in [6, 6.07) is 11.0. The predicted octanol–water partition coefficient (Wildman–Crippen LogP) is 3.53. The highest BCUT2D eigenvalue weighted by atomic mass is 35.5. The summed E-state index contributed by atoms with van der Waals surface area (Å²) in [7, 11) is 0. The predicted molar refractivity (Wildman–Crippen MR) is 74.1 cm³/mol. The zero-order valence-electron chi connectivity index (χ0n) is 9.48. The van der Waals surface area contributed by atoms with Crippen LogP contribution in [0.2, 0.25) is 10.0 Å². The van der Waals surface area contributed by atoms with Crippen LogP contribution >= 0.6 is 23.2 Å². The molecule has 0 saturated heterocycles. The first kappa shape index (κ1) is 13.1. The molecule has 0 amide bonds. The number of nitrogens with one attached hydrogen (secondary N) is 1. The Labute approximate surface area is 115 Å². The number of benzene rings is 1. The molecule has 0 aliphatic heterocycles. The minimum absolute atomic E-state index is 0.0509. The van der Waals surface area contributed by atoms with E-state index >= 15 is 0 Å². The third-order valence-corrected chi connectivity index (χ3v) is 3.00. The van der Waals surface area contributed by atoms with Gasteiger partial charge in [0.05, 0.1) is 22.7 Å². The average Bonchev–Trinajstić information content (AvgIpc) is 2.39. The van der Waals surface area contributed by atoms with Gasteiger partial charge in [0, 0.05) is 6.20 Å². The van der Waals surface area contributed by atoms with E-state index in [1.807, 2.05) is 30.3 Å². The number of halogens is 2. The maximum Gasteiger partial charge on any atom is 0.145 e. The average molecular weight is 283 g/mol. The van der Waals surface area contributed by atoms with E-state index in [0.29, 0.717) is 15.9 Å². The lowest BCUT2D eigenvalue weighted by atomic mass is 10.1. The van der Waals surface area contributed by atoms with Crippen LogP contribution in [0.5, 0.6) is 0 Å². The molecule has 0 radical (unpaired) electrons. The first-order valence-corrected chi connectivity index (χ1v) is 6.19. The summed E-state index contributed by atoms with van der Waals surface area (Å²) in [6.07, 6.45) is 1.51. The van der Waals surface area contributed by atoms with Gasteiger partial charge in [-0.3, -0.25) is 0 Å². The van der Waals surface area contributed by atoms with Crippen molar-refractivity contribution in [2.45, 2.75) is 6.04 Å². The Bertz CT molecular complexity index is 520. The summed E-state index contributed by atoms with van der Waals surface area (Å²) in [4.78, 5) is 4.10. The molecule has 0 aliphatic rings. The van der Waals surface area contributed by atoms with Gasteiger partial charge >= 0.3 is 0 Å². The zero-order chi connectivity index (χ0) is 13.0. The molecule has 94 valence electrons. The van der Waals surface area contributed by atoms with E-state index in [1.165, 1.54) is 6.20 Å². The molecule has 1 unspecified atom stereocenters. The topological polar surface area (TPSA) is 45.1 Å². The molecule has 3 nitrogen and oxygen atoms in total. The number of aliphatic hydroxyl groups is 1. The quantitative estimate of drug-likeness (QED) is 0.902. The van der Waals surface area contributed by atoms with Gasteiger partial charge in [-0.05, 0) is 11.6 Å². The van der Waals surface area contributed by atoms with Crippen LogP contribution in [0.4, 0.5) is 5.82 Å². The maximum atomic E-state index is 9.43. The second kappa shape index (κ2) is 6.05. The molecule has 2 N–H and O–H groups in total. The molecular weight excluding hydrogens is 271 g/mol. The van der Waals surface area contributed by atoms with Crippen LogP contribution in [0.1, 0.15) is 11.6 Å². The van der Waals surface area contributed by atoms with Gasteiger partial charge in [-0.25, -0.2) is 4.98 Å². The Morgan fingerprint density at radius 1 is 1.22 bits per heavy atom. The Hall–Kier alpha value is -1.29. The smallest absolute Gasteiger partial charge is 0.145 e. The Balaban J connectivity index is 2.21. The molecule has 2 aromatic rings. The number of anilines is 1. The molecule has 0 saturated carbocycles. The van der Waals surface area contributed by atoms with Gasteiger partial charge in [0.25, 0.3) is 0 Å². The summed E-state index contributed by atoms with van der Waals surface area (Å²) >= 11 is 11.8. The van der Waals surface area contributed by atoms with E-state index in [9.17, 15) is 5.11 Å². The van der Waals surface area contributed by atoms with Crippen molar-refractivity contribution in [1.82, 2.24) is 4.98 Å². The number of nitrogens with zero attached hydrogens (tertiary/aromatic N) is 1. The minimum atomic E-state index is -0.252. The largest absolute Gasteiger partial charge is 0.394 e. The van der Waals surface area contributed by atoms with Crippen LogP contribution in [-0.4, -0.2) is 16.7 Å². The molecule has 1 aromatic heterocycles. The number of hydrogen-bond acceptors (Lipinski definition) is 3. The highest BCUT2D eigenvalue weighted by molar-refractivity contribution is 6.35. The normalized spacial score (nSPS) is 12.2. The monoisotopic (exact) mass is 282 g/mol. The lowest BCUT2D eigenvalue weighted by Gasteiger charge is -2.18. The number of rotatable bonds is 4. The molecule has 1 aromatic carbocycles. The van der Waals surface area contributed by atoms with E-state index in [1.54, 1.807) is 6.07 Å². The molecule has 1 atom stereocenters. The van der Waals surface area contributed by atoms with E-state index in [2.05, 4.69) is 10.3 Å². The van der Waals surface area contributed by atoms with E-state index in [-0.39, 0.29) is 12.6 Å². The zero-order valence-corrected chi connectivity index (χ0v) is 11.0. The number of hydrogen-bond donors (Lipinski definition) is 2. The fourth-order valence-electron chi connectivity index (χ4n) is 1.61. The van der Waals surface area contributed by atoms with Gasteiger partial charge in [0.1, 0.15) is 5.82 Å². The molecule has 0 spiro atoms. The summed E-state index contributed by atoms with van der Waals surface area (Å²) in [5, 5.41) is 13.4. The van der Waals surface area contributed by atoms with Crippen molar-refractivity contribution in [2.75, 3.05) is 11.9 Å². The molecule has 0 bridgehead atoms. The van der Waals surface area contributed by atoms with Gasteiger partial charge in [-0.2, -0.15) is 0 Å². The van der Waals surface area contributed by atoms with Crippen LogP contribution in [0.3, 0.4) is 0 Å². The highest BCUT2D eigenvalue weighted by Crippen LogP contribution is 2.26. The summed E-state index contributed by atoms with van der Waals surface area (Å²) < 4.78 is 0. The van der Waals surface area contributed by atoms with Gasteiger partial charge < -0.3 is 10.4 Å². The van der Waals surface area contributed by atoms with E-state index in [4.69, 9.17) is 23.2 Å². The molecular formula is C13H12Cl2N2O. The van der Waals surface area contributed by atoms with Crippen LogP contribution < -0.4 is 5.32 Å². The van der Waals surface area contributed by atoms with Gasteiger partial charge in [-0.15, -0.1) is 0 Å². The Kier molecular flexibility index (Phi) is 4.42. The second-order valence-corrected chi connectivity index (χ2v) is 4.62. The molecule has 2 rings (SSSR count). The fraction of sp³-hybridized carbons (Fsp3) is 0.154. The summed E-state index contributed by atoms with van der Waals surface area (Å²) in [5.41, 5.74) is 0.966. The van der Waals surface area contributed by atoms with Crippen molar-refractivity contribution in [3.05, 3.63) is 58.2 Å². The molecule has 0 fully saturated rings. The lowest BCUT2D eigenvalue weighted by Crippen LogP contribution is -2.15. The third-order valence-electron chi connectivity index (χ3n) is 2.50. The Morgan fingerprint density at radius 3 is 2.56 bits per heavy atom. The van der Waals surface area contributed by atoms with E-state index in [0.717, 1.165) is 5.56 Å². The van der Waals surface area contributed by atoms with Crippen molar-refractivity contribution >= 4 is 29.0 Å². The van der Waals surface area contributed by atoms with Gasteiger partial charge in [0.2, 0.25) is 0 Å². The van der Waals surface area contributed by atoms with E-state index < -0.39 is 0 Å². The fourth-order valence-corrected chi connectivity index (χ4v) is 2.04. The van der Waals surface area contributed by atoms with Crippen LogP contribution in [0.15, 0.2) is 42.6 Å². The maximum absolute atomic E-state index is 9.43. The molecule has 1 heterocycles. The van der Waals surface area contributed by atoms with Crippen molar-refractivity contribution in [1.29, 1.82) is 0 Å². The number of aliphatic hydroxyl groups excluding tert-OH is 1. The molecule has 0 aliphatic carbocycles. The SMILES string of the molecule is OCC(Nc1ncc(Cl)cc1Cl)c1ccccc1. The van der Waals surface area contributed by atoms with Crippen LogP contribution in [-0.2, 0) is 0 Å². The molecule has 5 heteroatoms. The standard InChI is InChI=1S/C13H12Cl2N2O/c14-10-6-11(15)13(16-7-10)17-12(8-18)9-4-2-1-3-5-9/h1-7,12,18H,8H2,(H,16,17). The summed E-state index contributed by atoms with van der Waals surface area (Å²) in [5.74, 6) is 0.504. The van der Waals surface area contributed by atoms with Crippen LogP contribution in [0.25, 0.3) is 0 Å². The molecule has 18 heavy (non-hydrogen) atoms. The van der Waals surface area contributed by atoms with Crippen molar-refractivity contribution in [3.63, 3.8) is 0 Å². The van der Waals surface area contributed by atoms with Crippen molar-refractivity contribution < 1.29 is 5.11 Å².